The second kappa shape index (κ2) is 7.49. The van der Waals surface area contributed by atoms with Crippen LogP contribution in [0.3, 0.4) is 0 Å². The molecule has 0 amide bonds. The van der Waals surface area contributed by atoms with E-state index in [1.165, 1.54) is 0 Å². The number of carbonyl (C=O) groups excluding carboxylic acids is 1. The Morgan fingerprint density at radius 1 is 0.952 bits per heavy atom. The topological polar surface area (TPSA) is 37.3 Å². The Kier molecular flexibility index (Phi) is 5.67. The normalized spacial score (nSPS) is 12.6. The number of hydrogen-bond acceptors (Lipinski definition) is 2. The van der Waals surface area contributed by atoms with Gasteiger partial charge in [-0.1, -0.05) is 74.5 Å². The van der Waals surface area contributed by atoms with Gasteiger partial charge in [0.25, 0.3) is 0 Å². The van der Waals surface area contributed by atoms with Gasteiger partial charge in [-0.15, -0.1) is 0 Å². The summed E-state index contributed by atoms with van der Waals surface area (Å²) in [5.74, 6) is 0.0656. The van der Waals surface area contributed by atoms with E-state index in [0.29, 0.717) is 0 Å². The minimum absolute atomic E-state index is 0.0698. The zero-order valence-electron chi connectivity index (χ0n) is 12.4. The Morgan fingerprint density at radius 3 is 1.71 bits per heavy atom. The molecule has 0 aromatic heterocycles. The molecule has 2 aromatic rings. The average molecular weight is 300 g/mol. The molecule has 1 unspecified atom stereocenters. The highest BCUT2D eigenvalue weighted by molar-refractivity contribution is 7.74. The van der Waals surface area contributed by atoms with Gasteiger partial charge in [0.05, 0.1) is 12.3 Å². The van der Waals surface area contributed by atoms with Crippen molar-refractivity contribution in [2.45, 2.75) is 19.5 Å². The summed E-state index contributed by atoms with van der Waals surface area (Å²) in [5.41, 5.74) is -0.343. The van der Waals surface area contributed by atoms with Crippen LogP contribution in [0.5, 0.6) is 0 Å². The van der Waals surface area contributed by atoms with E-state index < -0.39 is 7.92 Å². The molecule has 0 fully saturated rings. The lowest BCUT2D eigenvalue weighted by molar-refractivity contribution is -0.122. The van der Waals surface area contributed by atoms with Gasteiger partial charge in [-0.25, -0.2) is 0 Å². The second-order valence-corrected chi connectivity index (χ2v) is 7.69. The van der Waals surface area contributed by atoms with E-state index in [1.807, 2.05) is 50.2 Å². The third-order valence-electron chi connectivity index (χ3n) is 3.45. The lowest BCUT2D eigenvalue weighted by Gasteiger charge is -2.27. The fourth-order valence-corrected chi connectivity index (χ4v) is 5.09. The summed E-state index contributed by atoms with van der Waals surface area (Å²) in [6.45, 7) is 3.69. The molecule has 0 aliphatic rings. The van der Waals surface area contributed by atoms with Crippen molar-refractivity contribution in [1.29, 1.82) is 0 Å². The van der Waals surface area contributed by atoms with Crippen LogP contribution in [0.25, 0.3) is 0 Å². The first-order valence-electron chi connectivity index (χ1n) is 7.19. The van der Waals surface area contributed by atoms with Crippen LogP contribution in [0.1, 0.15) is 13.8 Å². The molecule has 0 saturated carbocycles. The van der Waals surface area contributed by atoms with Gasteiger partial charge in [0, 0.05) is 5.92 Å². The molecular formula is C18H21O2P. The number of carbonyl (C=O) groups is 1. The largest absolute Gasteiger partial charge is 0.395 e. The summed E-state index contributed by atoms with van der Waals surface area (Å²) in [7, 11) is -0.886. The predicted molar refractivity (Wildman–Crippen MR) is 89.8 cm³/mol. The molecule has 0 aliphatic carbocycles. The fraction of sp³-hybridized carbons (Fsp3) is 0.278. The van der Waals surface area contributed by atoms with E-state index in [0.717, 1.165) is 10.6 Å². The van der Waals surface area contributed by atoms with Crippen LogP contribution in [0.15, 0.2) is 60.7 Å². The van der Waals surface area contributed by atoms with E-state index in [-0.39, 0.29) is 24.0 Å². The number of aliphatic hydroxyl groups excluding tert-OH is 1. The maximum Gasteiger partial charge on any atom is 0.145 e. The second-order valence-electron chi connectivity index (χ2n) is 5.30. The smallest absolute Gasteiger partial charge is 0.145 e. The quantitative estimate of drug-likeness (QED) is 0.833. The Balaban J connectivity index is 2.48. The van der Waals surface area contributed by atoms with Gasteiger partial charge >= 0.3 is 0 Å². The summed E-state index contributed by atoms with van der Waals surface area (Å²) >= 11 is 0. The van der Waals surface area contributed by atoms with Crippen LogP contribution in [0.4, 0.5) is 0 Å². The van der Waals surface area contributed by atoms with Crippen molar-refractivity contribution in [2.75, 3.05) is 6.61 Å². The standard InChI is InChI=1S/C18H21O2P/c1-14(2)18(20)17(13-19)21(15-9-5-3-6-10-15)16-11-7-4-8-12-16/h3-12,14,17,19H,13H2,1-2H3. The first kappa shape index (κ1) is 15.9. The maximum absolute atomic E-state index is 12.5. The van der Waals surface area contributed by atoms with Gasteiger partial charge in [0.2, 0.25) is 0 Å². The molecule has 0 aliphatic heterocycles. The van der Waals surface area contributed by atoms with Gasteiger partial charge in [0.1, 0.15) is 5.78 Å². The van der Waals surface area contributed by atoms with Crippen LogP contribution >= 0.6 is 7.92 Å². The lowest BCUT2D eigenvalue weighted by atomic mass is 10.1. The third kappa shape index (κ3) is 3.78. The first-order chi connectivity index (χ1) is 10.1. The summed E-state index contributed by atoms with van der Waals surface area (Å²) in [6.07, 6.45) is 0. The van der Waals surface area contributed by atoms with Crippen molar-refractivity contribution in [3.63, 3.8) is 0 Å². The number of Topliss-reactive ketones (excluding diaryl/α,β-unsaturated/α-hetero) is 1. The maximum atomic E-state index is 12.5. The van der Waals surface area contributed by atoms with Gasteiger partial charge in [-0.05, 0) is 18.5 Å². The van der Waals surface area contributed by atoms with E-state index in [4.69, 9.17) is 0 Å². The highest BCUT2D eigenvalue weighted by Gasteiger charge is 2.31. The third-order valence-corrected chi connectivity index (χ3v) is 6.20. The number of rotatable bonds is 6. The Labute approximate surface area is 127 Å². The molecule has 0 heterocycles. The number of benzene rings is 2. The van der Waals surface area contributed by atoms with Gasteiger partial charge < -0.3 is 5.11 Å². The van der Waals surface area contributed by atoms with Crippen LogP contribution in [0.2, 0.25) is 0 Å². The molecule has 3 heteroatoms. The molecular weight excluding hydrogens is 279 g/mol. The minimum atomic E-state index is -0.886. The van der Waals surface area contributed by atoms with E-state index in [1.54, 1.807) is 0 Å². The molecule has 0 bridgehead atoms. The van der Waals surface area contributed by atoms with Crippen molar-refractivity contribution < 1.29 is 9.90 Å². The highest BCUT2D eigenvalue weighted by Crippen LogP contribution is 2.40. The molecule has 110 valence electrons. The van der Waals surface area contributed by atoms with Crippen molar-refractivity contribution in [3.8, 4) is 0 Å². The zero-order valence-corrected chi connectivity index (χ0v) is 13.3. The SMILES string of the molecule is CC(C)C(=O)C(CO)P(c1ccccc1)c1ccccc1. The molecule has 1 atom stereocenters. The van der Waals surface area contributed by atoms with Crippen LogP contribution in [0, 0.1) is 5.92 Å². The molecule has 0 spiro atoms. The van der Waals surface area contributed by atoms with Crippen molar-refractivity contribution in [1.82, 2.24) is 0 Å². The Hall–Kier alpha value is -1.50. The zero-order chi connectivity index (χ0) is 15.2. The Bertz CT molecular complexity index is 527. The predicted octanol–water partition coefficient (Wildman–Crippen LogP) is 2.71. The van der Waals surface area contributed by atoms with Crippen molar-refractivity contribution in [3.05, 3.63) is 60.7 Å². The fourth-order valence-electron chi connectivity index (χ4n) is 2.37. The van der Waals surface area contributed by atoms with Crippen molar-refractivity contribution >= 4 is 24.3 Å². The van der Waals surface area contributed by atoms with Crippen LogP contribution in [-0.2, 0) is 4.79 Å². The lowest BCUT2D eigenvalue weighted by Crippen LogP contribution is -2.33. The summed E-state index contributed by atoms with van der Waals surface area (Å²) in [4.78, 5) is 12.5. The Morgan fingerprint density at radius 2 is 1.38 bits per heavy atom. The van der Waals surface area contributed by atoms with E-state index in [9.17, 15) is 9.90 Å². The van der Waals surface area contributed by atoms with Gasteiger partial charge in [0.15, 0.2) is 0 Å². The number of aliphatic hydroxyl groups is 1. The highest BCUT2D eigenvalue weighted by atomic mass is 31.1. The average Bonchev–Trinajstić information content (AvgIpc) is 2.53. The number of hydrogen-bond donors (Lipinski definition) is 1. The monoisotopic (exact) mass is 300 g/mol. The van der Waals surface area contributed by atoms with Gasteiger partial charge in [-0.2, -0.15) is 0 Å². The summed E-state index contributed by atoms with van der Waals surface area (Å²) in [6, 6.07) is 20.1. The van der Waals surface area contributed by atoms with E-state index >= 15 is 0 Å². The molecule has 2 nitrogen and oxygen atoms in total. The van der Waals surface area contributed by atoms with Crippen LogP contribution < -0.4 is 10.6 Å². The van der Waals surface area contributed by atoms with Crippen molar-refractivity contribution in [2.24, 2.45) is 5.92 Å². The molecule has 0 saturated heterocycles. The summed E-state index contributed by atoms with van der Waals surface area (Å²) in [5, 5.41) is 12.1. The summed E-state index contributed by atoms with van der Waals surface area (Å²) < 4.78 is 0. The van der Waals surface area contributed by atoms with Crippen LogP contribution in [-0.4, -0.2) is 23.2 Å². The molecule has 0 radical (unpaired) electrons. The molecule has 21 heavy (non-hydrogen) atoms. The van der Waals surface area contributed by atoms with E-state index in [2.05, 4.69) is 24.3 Å². The minimum Gasteiger partial charge on any atom is -0.395 e. The first-order valence-corrected chi connectivity index (χ1v) is 8.60. The van der Waals surface area contributed by atoms with Gasteiger partial charge in [-0.3, -0.25) is 4.79 Å². The molecule has 1 N–H and O–H groups in total. The molecule has 2 aromatic carbocycles. The number of ketones is 1. The molecule has 2 rings (SSSR count).